The molecule has 26 heavy (non-hydrogen) atoms. The normalized spacial score (nSPS) is 10.7. The lowest BCUT2D eigenvalue weighted by Gasteiger charge is -2.21. The Kier molecular flexibility index (Phi) is 5.18. The van der Waals surface area contributed by atoms with Gasteiger partial charge in [-0.15, -0.1) is 0 Å². The van der Waals surface area contributed by atoms with Gasteiger partial charge in [0.15, 0.2) is 5.82 Å². The molecule has 0 aliphatic rings. The quantitative estimate of drug-likeness (QED) is 0.729. The van der Waals surface area contributed by atoms with E-state index in [2.05, 4.69) is 15.3 Å². The third-order valence-electron chi connectivity index (χ3n) is 3.86. The van der Waals surface area contributed by atoms with Gasteiger partial charge in [0, 0.05) is 6.54 Å². The Bertz CT molecular complexity index is 1020. The Hall–Kier alpha value is -2.93. The summed E-state index contributed by atoms with van der Waals surface area (Å²) in [4.78, 5) is 33.0. The van der Waals surface area contributed by atoms with Crippen LogP contribution in [0.1, 0.15) is 12.7 Å². The summed E-state index contributed by atoms with van der Waals surface area (Å²) in [6, 6.07) is 10.8. The largest absolute Gasteiger partial charge is 0.322 e. The van der Waals surface area contributed by atoms with Gasteiger partial charge < -0.3 is 15.2 Å². The predicted octanol–water partition coefficient (Wildman–Crippen LogP) is 3.77. The number of amides is 2. The van der Waals surface area contributed by atoms with E-state index in [1.807, 2.05) is 0 Å². The van der Waals surface area contributed by atoms with Crippen molar-refractivity contribution in [3.63, 3.8) is 0 Å². The Morgan fingerprint density at radius 3 is 2.81 bits per heavy atom. The van der Waals surface area contributed by atoms with Crippen LogP contribution in [0, 0.1) is 5.82 Å². The highest BCUT2D eigenvalue weighted by atomic mass is 35.5. The summed E-state index contributed by atoms with van der Waals surface area (Å²) >= 11 is 5.72. The van der Waals surface area contributed by atoms with Crippen molar-refractivity contribution in [2.24, 2.45) is 0 Å². The minimum atomic E-state index is -0.698. The smallest absolute Gasteiger partial charge is 0.317 e. The van der Waals surface area contributed by atoms with Gasteiger partial charge in [0.25, 0.3) is 5.56 Å². The number of anilines is 1. The summed E-state index contributed by atoms with van der Waals surface area (Å²) in [5.41, 5.74) is 0.257. The lowest BCUT2D eigenvalue weighted by atomic mass is 10.2. The number of benzene rings is 2. The van der Waals surface area contributed by atoms with Crippen molar-refractivity contribution in [3.05, 3.63) is 69.5 Å². The molecule has 0 spiro atoms. The number of urea groups is 1. The molecule has 0 bridgehead atoms. The number of carbonyl (C=O) groups excluding carboxylic acids is 1. The molecular weight excluding hydrogens is 359 g/mol. The number of aromatic nitrogens is 2. The van der Waals surface area contributed by atoms with Gasteiger partial charge >= 0.3 is 6.03 Å². The van der Waals surface area contributed by atoms with Gasteiger partial charge in [-0.05, 0) is 31.2 Å². The summed E-state index contributed by atoms with van der Waals surface area (Å²) in [6.07, 6.45) is 0. The van der Waals surface area contributed by atoms with E-state index >= 15 is 0 Å². The second-order valence-corrected chi connectivity index (χ2v) is 5.98. The second-order valence-electron chi connectivity index (χ2n) is 5.58. The van der Waals surface area contributed by atoms with Gasteiger partial charge in [0.05, 0.1) is 28.2 Å². The van der Waals surface area contributed by atoms with Crippen LogP contribution >= 0.6 is 11.6 Å². The van der Waals surface area contributed by atoms with Crippen LogP contribution in [0.25, 0.3) is 10.9 Å². The molecule has 0 aliphatic heterocycles. The zero-order valence-electron chi connectivity index (χ0n) is 13.9. The lowest BCUT2D eigenvalue weighted by Crippen LogP contribution is -2.35. The molecule has 6 nitrogen and oxygen atoms in total. The van der Waals surface area contributed by atoms with Crippen molar-refractivity contribution >= 4 is 34.2 Å². The fourth-order valence-electron chi connectivity index (χ4n) is 2.51. The Morgan fingerprint density at radius 1 is 1.27 bits per heavy atom. The van der Waals surface area contributed by atoms with Crippen molar-refractivity contribution in [2.75, 3.05) is 11.9 Å². The molecule has 1 aromatic heterocycles. The van der Waals surface area contributed by atoms with Gasteiger partial charge in [0.1, 0.15) is 5.82 Å². The number of carbonyl (C=O) groups is 1. The van der Waals surface area contributed by atoms with E-state index in [1.165, 1.54) is 17.0 Å². The summed E-state index contributed by atoms with van der Waals surface area (Å²) in [7, 11) is 0. The van der Waals surface area contributed by atoms with Crippen LogP contribution in [0.3, 0.4) is 0 Å². The summed E-state index contributed by atoms with van der Waals surface area (Å²) in [5.74, 6) is -0.354. The SMILES string of the molecule is CCN(Cc1nc2ccccc2c(=O)[nH]1)C(=O)Nc1cccc(Cl)c1F. The van der Waals surface area contributed by atoms with E-state index in [4.69, 9.17) is 11.6 Å². The highest BCUT2D eigenvalue weighted by Gasteiger charge is 2.16. The van der Waals surface area contributed by atoms with Crippen LogP contribution in [0.15, 0.2) is 47.3 Å². The molecule has 0 atom stereocenters. The van der Waals surface area contributed by atoms with Crippen LogP contribution in [-0.4, -0.2) is 27.4 Å². The van der Waals surface area contributed by atoms with E-state index in [-0.39, 0.29) is 22.8 Å². The molecule has 2 N–H and O–H groups in total. The van der Waals surface area contributed by atoms with Crippen LogP contribution in [0.2, 0.25) is 5.02 Å². The number of rotatable bonds is 4. The van der Waals surface area contributed by atoms with Crippen LogP contribution in [0.4, 0.5) is 14.9 Å². The predicted molar refractivity (Wildman–Crippen MR) is 98.9 cm³/mol. The third kappa shape index (κ3) is 3.67. The topological polar surface area (TPSA) is 78.1 Å². The first kappa shape index (κ1) is 17.9. The molecule has 0 aliphatic carbocycles. The Balaban J connectivity index is 1.82. The first-order valence-electron chi connectivity index (χ1n) is 7.97. The summed E-state index contributed by atoms with van der Waals surface area (Å²) in [5, 5.41) is 2.88. The van der Waals surface area contributed by atoms with Crippen molar-refractivity contribution in [2.45, 2.75) is 13.5 Å². The van der Waals surface area contributed by atoms with Gasteiger partial charge in [-0.1, -0.05) is 29.8 Å². The number of nitrogens with one attached hydrogen (secondary N) is 2. The molecule has 2 aromatic carbocycles. The van der Waals surface area contributed by atoms with Gasteiger partial charge in [-0.2, -0.15) is 0 Å². The molecule has 3 rings (SSSR count). The van der Waals surface area contributed by atoms with Gasteiger partial charge in [-0.25, -0.2) is 14.2 Å². The fraction of sp³-hybridized carbons (Fsp3) is 0.167. The van der Waals surface area contributed by atoms with Gasteiger partial charge in [-0.3, -0.25) is 4.79 Å². The number of fused-ring (bicyclic) bond motifs is 1. The zero-order valence-corrected chi connectivity index (χ0v) is 14.7. The highest BCUT2D eigenvalue weighted by Crippen LogP contribution is 2.22. The molecule has 0 saturated carbocycles. The maximum atomic E-state index is 14.0. The minimum absolute atomic E-state index is 0.0130. The molecule has 0 unspecified atom stereocenters. The third-order valence-corrected chi connectivity index (χ3v) is 4.16. The average molecular weight is 375 g/mol. The fourth-order valence-corrected chi connectivity index (χ4v) is 2.69. The Labute approximate surface area is 153 Å². The molecule has 2 amide bonds. The standard InChI is InChI=1S/C18H16ClFN4O2/c1-2-24(18(26)22-14-9-5-7-12(19)16(14)20)10-15-21-13-8-4-3-6-11(13)17(25)23-15/h3-9H,2,10H2,1H3,(H,22,26)(H,21,23,25). The lowest BCUT2D eigenvalue weighted by molar-refractivity contribution is 0.210. The average Bonchev–Trinajstić information content (AvgIpc) is 2.63. The van der Waals surface area contributed by atoms with E-state index in [1.54, 1.807) is 37.3 Å². The zero-order chi connectivity index (χ0) is 18.7. The highest BCUT2D eigenvalue weighted by molar-refractivity contribution is 6.31. The van der Waals surface area contributed by atoms with Crippen LogP contribution in [-0.2, 0) is 6.54 Å². The molecular formula is C18H16ClFN4O2. The number of nitrogens with zero attached hydrogens (tertiary/aromatic N) is 2. The maximum absolute atomic E-state index is 14.0. The monoisotopic (exact) mass is 374 g/mol. The number of hydrogen-bond donors (Lipinski definition) is 2. The molecule has 0 saturated heterocycles. The molecule has 134 valence electrons. The van der Waals surface area contributed by atoms with E-state index in [0.717, 1.165) is 0 Å². The van der Waals surface area contributed by atoms with Crippen LogP contribution in [0.5, 0.6) is 0 Å². The number of H-pyrrole nitrogens is 1. The van der Waals surface area contributed by atoms with Crippen molar-refractivity contribution in [1.82, 2.24) is 14.9 Å². The first-order chi connectivity index (χ1) is 12.5. The van der Waals surface area contributed by atoms with Crippen molar-refractivity contribution < 1.29 is 9.18 Å². The van der Waals surface area contributed by atoms with Crippen LogP contribution < -0.4 is 10.9 Å². The first-order valence-corrected chi connectivity index (χ1v) is 8.35. The van der Waals surface area contributed by atoms with Gasteiger partial charge in [0.2, 0.25) is 0 Å². The van der Waals surface area contributed by atoms with Crippen molar-refractivity contribution in [1.29, 1.82) is 0 Å². The van der Waals surface area contributed by atoms with E-state index < -0.39 is 11.8 Å². The van der Waals surface area contributed by atoms with E-state index in [9.17, 15) is 14.0 Å². The van der Waals surface area contributed by atoms with E-state index in [0.29, 0.717) is 23.3 Å². The number of aromatic amines is 1. The maximum Gasteiger partial charge on any atom is 0.322 e. The Morgan fingerprint density at radius 2 is 2.04 bits per heavy atom. The molecule has 1 heterocycles. The second kappa shape index (κ2) is 7.53. The number of para-hydroxylation sites is 1. The number of halogens is 2. The molecule has 8 heteroatoms. The van der Waals surface area contributed by atoms with Crippen molar-refractivity contribution in [3.8, 4) is 0 Å². The number of hydrogen-bond acceptors (Lipinski definition) is 3. The molecule has 3 aromatic rings. The minimum Gasteiger partial charge on any atom is -0.317 e. The molecule has 0 fully saturated rings. The molecule has 0 radical (unpaired) electrons. The summed E-state index contributed by atoms with van der Waals surface area (Å²) < 4.78 is 14.0. The summed E-state index contributed by atoms with van der Waals surface area (Å²) in [6.45, 7) is 2.18.